The van der Waals surface area contributed by atoms with Gasteiger partial charge < -0.3 is 5.11 Å². The summed E-state index contributed by atoms with van der Waals surface area (Å²) >= 11 is 5.23. The molecule has 0 aliphatic carbocycles. The number of aromatic nitrogens is 1. The third kappa shape index (κ3) is 3.28. The first kappa shape index (κ1) is 14.6. The number of carboxylic acid groups (broad SMARTS) is 1. The van der Waals surface area contributed by atoms with Crippen LogP contribution in [0.4, 0.5) is 22.0 Å². The summed E-state index contributed by atoms with van der Waals surface area (Å²) in [6.07, 6.45) is -9.36. The van der Waals surface area contributed by atoms with Crippen LogP contribution in [0.1, 0.15) is 23.2 Å². The monoisotopic (exact) mass is 289 g/mol. The predicted octanol–water partition coefficient (Wildman–Crippen LogP) is 3.32. The summed E-state index contributed by atoms with van der Waals surface area (Å²) < 4.78 is 62.6. The molecule has 0 fully saturated rings. The highest BCUT2D eigenvalue weighted by Crippen LogP contribution is 2.39. The molecule has 1 rings (SSSR count). The molecule has 1 N–H and O–H groups in total. The number of carboxylic acids is 1. The lowest BCUT2D eigenvalue weighted by atomic mass is 10.1. The van der Waals surface area contributed by atoms with Crippen molar-refractivity contribution < 1.29 is 31.9 Å². The average molecular weight is 290 g/mol. The fourth-order valence-corrected chi connectivity index (χ4v) is 1.55. The Kier molecular flexibility index (Phi) is 4.10. The maximum absolute atomic E-state index is 12.5. The second-order valence-corrected chi connectivity index (χ2v) is 3.59. The number of rotatable bonds is 3. The fourth-order valence-electron chi connectivity index (χ4n) is 1.26. The summed E-state index contributed by atoms with van der Waals surface area (Å²) in [5, 5.41) is 7.37. The summed E-state index contributed by atoms with van der Waals surface area (Å²) in [4.78, 5) is 13.6. The Bertz CT molecular complexity index is 475. The number of halogens is 6. The van der Waals surface area contributed by atoms with E-state index in [2.05, 4.69) is 4.98 Å². The van der Waals surface area contributed by atoms with Crippen molar-refractivity contribution in [1.29, 1.82) is 0 Å². The summed E-state index contributed by atoms with van der Waals surface area (Å²) in [7, 11) is 0. The summed E-state index contributed by atoms with van der Waals surface area (Å²) in [5.41, 5.74) is -3.66. The van der Waals surface area contributed by atoms with Crippen LogP contribution in [-0.2, 0) is 17.4 Å². The van der Waals surface area contributed by atoms with Crippen LogP contribution < -0.4 is 0 Å². The van der Waals surface area contributed by atoms with Gasteiger partial charge in [-0.2, -0.15) is 13.2 Å². The van der Waals surface area contributed by atoms with E-state index in [9.17, 15) is 26.7 Å². The summed E-state index contributed by atoms with van der Waals surface area (Å²) in [5.74, 6) is -1.45. The Morgan fingerprint density at radius 2 is 2.00 bits per heavy atom. The Labute approximate surface area is 102 Å². The molecule has 0 aliphatic rings. The van der Waals surface area contributed by atoms with Crippen molar-refractivity contribution in [2.75, 3.05) is 0 Å². The van der Waals surface area contributed by atoms with Crippen molar-refractivity contribution in [1.82, 2.24) is 4.98 Å². The van der Waals surface area contributed by atoms with E-state index < -0.39 is 47.0 Å². The molecule has 3 nitrogen and oxygen atoms in total. The molecule has 0 aromatic carbocycles. The van der Waals surface area contributed by atoms with Gasteiger partial charge in [0.1, 0.15) is 5.15 Å². The molecule has 0 amide bonds. The molecule has 0 saturated carbocycles. The Morgan fingerprint density at radius 1 is 1.44 bits per heavy atom. The Hall–Kier alpha value is -1.44. The molecule has 0 aliphatic heterocycles. The molecule has 0 saturated heterocycles. The molecule has 100 valence electrons. The average Bonchev–Trinajstić information content (AvgIpc) is 2.12. The highest BCUT2D eigenvalue weighted by Gasteiger charge is 2.38. The van der Waals surface area contributed by atoms with Gasteiger partial charge in [-0.1, -0.05) is 11.6 Å². The van der Waals surface area contributed by atoms with Gasteiger partial charge in [-0.3, -0.25) is 4.79 Å². The highest BCUT2D eigenvalue weighted by molar-refractivity contribution is 6.30. The van der Waals surface area contributed by atoms with Gasteiger partial charge in [0, 0.05) is 0 Å². The van der Waals surface area contributed by atoms with E-state index in [-0.39, 0.29) is 6.07 Å². The molecule has 0 bridgehead atoms. The number of aliphatic carboxylic acids is 1. The largest absolute Gasteiger partial charge is 0.481 e. The van der Waals surface area contributed by atoms with Gasteiger partial charge in [-0.15, -0.1) is 0 Å². The standard InChI is InChI=1S/C9H5ClF5NO2/c10-7-6(8(11)12)4(9(13,14)15)1-3(16-7)2-5(17)18/h1,8H,2H2,(H,17,18). The van der Waals surface area contributed by atoms with Crippen LogP contribution in [0.15, 0.2) is 6.07 Å². The molecular weight excluding hydrogens is 285 g/mol. The van der Waals surface area contributed by atoms with Gasteiger partial charge in [0.25, 0.3) is 6.43 Å². The van der Waals surface area contributed by atoms with E-state index in [1.807, 2.05) is 0 Å². The first-order valence-corrected chi connectivity index (χ1v) is 4.77. The van der Waals surface area contributed by atoms with Crippen LogP contribution >= 0.6 is 11.6 Å². The van der Waals surface area contributed by atoms with Crippen LogP contribution in [-0.4, -0.2) is 16.1 Å². The molecular formula is C9H5ClF5NO2. The van der Waals surface area contributed by atoms with E-state index in [1.54, 1.807) is 0 Å². The van der Waals surface area contributed by atoms with E-state index in [0.29, 0.717) is 0 Å². The molecule has 9 heteroatoms. The van der Waals surface area contributed by atoms with E-state index in [0.717, 1.165) is 0 Å². The van der Waals surface area contributed by atoms with Gasteiger partial charge >= 0.3 is 12.1 Å². The Morgan fingerprint density at radius 3 is 2.39 bits per heavy atom. The molecule has 0 spiro atoms. The lowest BCUT2D eigenvalue weighted by Gasteiger charge is -2.14. The van der Waals surface area contributed by atoms with Crippen LogP contribution in [0.25, 0.3) is 0 Å². The van der Waals surface area contributed by atoms with Crippen LogP contribution in [0, 0.1) is 0 Å². The molecule has 1 aromatic heterocycles. The predicted molar refractivity (Wildman–Crippen MR) is 50.5 cm³/mol. The van der Waals surface area contributed by atoms with E-state index in [1.165, 1.54) is 0 Å². The normalized spacial score (nSPS) is 11.9. The summed E-state index contributed by atoms with van der Waals surface area (Å²) in [6.45, 7) is 0. The second-order valence-electron chi connectivity index (χ2n) is 3.23. The van der Waals surface area contributed by atoms with Gasteiger partial charge in [-0.05, 0) is 6.07 Å². The van der Waals surface area contributed by atoms with Crippen LogP contribution in [0.5, 0.6) is 0 Å². The maximum Gasteiger partial charge on any atom is 0.417 e. The number of hydrogen-bond donors (Lipinski definition) is 1. The zero-order valence-corrected chi connectivity index (χ0v) is 9.19. The molecule has 18 heavy (non-hydrogen) atoms. The quantitative estimate of drug-likeness (QED) is 0.686. The van der Waals surface area contributed by atoms with Gasteiger partial charge in [-0.25, -0.2) is 13.8 Å². The minimum atomic E-state index is -5.06. The molecule has 0 unspecified atom stereocenters. The van der Waals surface area contributed by atoms with E-state index in [4.69, 9.17) is 16.7 Å². The highest BCUT2D eigenvalue weighted by atomic mass is 35.5. The first-order chi connectivity index (χ1) is 8.12. The Balaban J connectivity index is 3.42. The van der Waals surface area contributed by atoms with Crippen molar-refractivity contribution >= 4 is 17.6 Å². The molecule has 0 radical (unpaired) electrons. The van der Waals surface area contributed by atoms with Crippen molar-refractivity contribution in [2.24, 2.45) is 0 Å². The van der Waals surface area contributed by atoms with Gasteiger partial charge in [0.15, 0.2) is 0 Å². The summed E-state index contributed by atoms with van der Waals surface area (Å²) in [6, 6.07) is 0.265. The molecule has 1 aromatic rings. The van der Waals surface area contributed by atoms with Gasteiger partial charge in [0.05, 0.1) is 23.2 Å². The molecule has 1 heterocycles. The number of nitrogens with zero attached hydrogens (tertiary/aromatic N) is 1. The second kappa shape index (κ2) is 5.05. The number of carbonyl (C=O) groups is 1. The van der Waals surface area contributed by atoms with Crippen LogP contribution in [0.3, 0.4) is 0 Å². The third-order valence-corrected chi connectivity index (χ3v) is 2.21. The lowest BCUT2D eigenvalue weighted by molar-refractivity contribution is -0.140. The smallest absolute Gasteiger partial charge is 0.417 e. The van der Waals surface area contributed by atoms with Crippen molar-refractivity contribution in [3.63, 3.8) is 0 Å². The SMILES string of the molecule is O=C(O)Cc1cc(C(F)(F)F)c(C(F)F)c(Cl)n1. The van der Waals surface area contributed by atoms with Gasteiger partial charge in [0.2, 0.25) is 0 Å². The number of hydrogen-bond acceptors (Lipinski definition) is 2. The molecule has 0 atom stereocenters. The fraction of sp³-hybridized carbons (Fsp3) is 0.333. The number of pyridine rings is 1. The van der Waals surface area contributed by atoms with Crippen LogP contribution in [0.2, 0.25) is 5.15 Å². The zero-order chi connectivity index (χ0) is 14.1. The first-order valence-electron chi connectivity index (χ1n) is 4.39. The minimum absolute atomic E-state index is 0.265. The van der Waals surface area contributed by atoms with Crippen molar-refractivity contribution in [3.8, 4) is 0 Å². The topological polar surface area (TPSA) is 50.2 Å². The third-order valence-electron chi connectivity index (χ3n) is 1.92. The maximum atomic E-state index is 12.5. The zero-order valence-electron chi connectivity index (χ0n) is 8.43. The van der Waals surface area contributed by atoms with Crippen molar-refractivity contribution in [3.05, 3.63) is 28.0 Å². The van der Waals surface area contributed by atoms with E-state index >= 15 is 0 Å². The lowest BCUT2D eigenvalue weighted by Crippen LogP contribution is -2.14. The number of alkyl halides is 5. The minimum Gasteiger partial charge on any atom is -0.481 e. The van der Waals surface area contributed by atoms with Crippen molar-refractivity contribution in [2.45, 2.75) is 19.0 Å².